The number of nitrogens with two attached hydrogens (primary N) is 1. The summed E-state index contributed by atoms with van der Waals surface area (Å²) in [5.41, 5.74) is 8.62. The minimum atomic E-state index is -0.619. The molecule has 0 aliphatic carbocycles. The molecule has 7 heteroatoms. The molecule has 5 nitrogen and oxygen atoms in total. The van der Waals surface area contributed by atoms with Crippen molar-refractivity contribution < 1.29 is 14.0 Å². The van der Waals surface area contributed by atoms with Crippen LogP contribution in [-0.4, -0.2) is 20.6 Å². The fourth-order valence-electron chi connectivity index (χ4n) is 3.02. The predicted molar refractivity (Wildman–Crippen MR) is 98.9 cm³/mol. The molecule has 0 unspecified atom stereocenters. The summed E-state index contributed by atoms with van der Waals surface area (Å²) >= 11 is 0. The fourth-order valence-corrected chi connectivity index (χ4v) is 3.02. The van der Waals surface area contributed by atoms with E-state index >= 15 is 0 Å². The molecule has 0 radical (unpaired) electrons. The van der Waals surface area contributed by atoms with E-state index < -0.39 is 11.6 Å². The van der Waals surface area contributed by atoms with Crippen LogP contribution in [0.4, 0.5) is 8.78 Å². The molecule has 27 heavy (non-hydrogen) atoms. The predicted octanol–water partition coefficient (Wildman–Crippen LogP) is 4.07. The summed E-state index contributed by atoms with van der Waals surface area (Å²) in [6.45, 7) is 0. The van der Waals surface area contributed by atoms with E-state index in [9.17, 15) is 8.78 Å². The number of aromatic nitrogens is 2. The van der Waals surface area contributed by atoms with E-state index in [1.165, 1.54) is 18.2 Å². The van der Waals surface area contributed by atoms with Crippen molar-refractivity contribution in [3.8, 4) is 16.8 Å². The summed E-state index contributed by atoms with van der Waals surface area (Å²) in [5, 5.41) is 11.8. The molecule has 0 aliphatic heterocycles. The topological polar surface area (TPSA) is 76.4 Å². The van der Waals surface area contributed by atoms with Crippen molar-refractivity contribution in [3.05, 3.63) is 84.2 Å². The van der Waals surface area contributed by atoms with Crippen LogP contribution in [0.5, 0.6) is 0 Å². The van der Waals surface area contributed by atoms with Crippen molar-refractivity contribution in [1.82, 2.24) is 9.55 Å². The molecule has 0 spiro atoms. The Labute approximate surface area is 153 Å². The van der Waals surface area contributed by atoms with E-state index in [0.29, 0.717) is 22.3 Å². The highest BCUT2D eigenvalue weighted by Crippen LogP contribution is 2.28. The number of hydrogen-bond donors (Lipinski definition) is 2. The van der Waals surface area contributed by atoms with E-state index in [0.717, 1.165) is 5.52 Å². The zero-order valence-corrected chi connectivity index (χ0v) is 14.0. The van der Waals surface area contributed by atoms with Gasteiger partial charge in [0, 0.05) is 11.3 Å². The van der Waals surface area contributed by atoms with Crippen LogP contribution in [0.1, 0.15) is 5.56 Å². The van der Waals surface area contributed by atoms with Gasteiger partial charge in [0.25, 0.3) is 0 Å². The van der Waals surface area contributed by atoms with Crippen LogP contribution in [0, 0.1) is 11.6 Å². The molecule has 0 bridgehead atoms. The largest absolute Gasteiger partial charge is 0.409 e. The number of amidine groups is 1. The minimum Gasteiger partial charge on any atom is -0.409 e. The molecule has 0 saturated carbocycles. The Morgan fingerprint density at radius 2 is 1.74 bits per heavy atom. The Kier molecular flexibility index (Phi) is 4.04. The van der Waals surface area contributed by atoms with E-state index in [-0.39, 0.29) is 11.4 Å². The maximum atomic E-state index is 14.1. The maximum absolute atomic E-state index is 14.1. The van der Waals surface area contributed by atoms with Crippen molar-refractivity contribution in [2.24, 2.45) is 10.9 Å². The highest BCUT2D eigenvalue weighted by Gasteiger charge is 2.13. The summed E-state index contributed by atoms with van der Waals surface area (Å²) in [4.78, 5) is 4.33. The lowest BCUT2D eigenvalue weighted by Crippen LogP contribution is -2.12. The molecule has 3 N–H and O–H groups in total. The monoisotopic (exact) mass is 364 g/mol. The number of hydrogen-bond acceptors (Lipinski definition) is 3. The Morgan fingerprint density at radius 3 is 2.48 bits per heavy atom. The molecule has 0 aliphatic rings. The lowest BCUT2D eigenvalue weighted by molar-refractivity contribution is 0.318. The van der Waals surface area contributed by atoms with Crippen LogP contribution >= 0.6 is 0 Å². The van der Waals surface area contributed by atoms with Crippen molar-refractivity contribution in [2.75, 3.05) is 0 Å². The third-order valence-corrected chi connectivity index (χ3v) is 4.33. The van der Waals surface area contributed by atoms with Gasteiger partial charge in [0.2, 0.25) is 0 Å². The van der Waals surface area contributed by atoms with Gasteiger partial charge in [0.1, 0.15) is 18.0 Å². The molecule has 1 aromatic heterocycles. The Balaban J connectivity index is 1.83. The van der Waals surface area contributed by atoms with Gasteiger partial charge in [-0.2, -0.15) is 0 Å². The first-order valence-corrected chi connectivity index (χ1v) is 8.08. The van der Waals surface area contributed by atoms with Crippen LogP contribution in [0.15, 0.2) is 72.1 Å². The number of imidazole rings is 1. The van der Waals surface area contributed by atoms with Gasteiger partial charge in [-0.05, 0) is 48.0 Å². The smallest absolute Gasteiger partial charge is 0.170 e. The van der Waals surface area contributed by atoms with Gasteiger partial charge in [-0.3, -0.25) is 4.57 Å². The zero-order chi connectivity index (χ0) is 19.0. The van der Waals surface area contributed by atoms with Gasteiger partial charge in [0.05, 0.1) is 16.6 Å². The van der Waals surface area contributed by atoms with Crippen molar-refractivity contribution >= 4 is 16.9 Å². The quantitative estimate of drug-likeness (QED) is 0.249. The zero-order valence-electron chi connectivity index (χ0n) is 14.0. The van der Waals surface area contributed by atoms with Gasteiger partial charge in [-0.25, -0.2) is 13.8 Å². The molecule has 4 rings (SSSR count). The van der Waals surface area contributed by atoms with E-state index in [1.54, 1.807) is 47.3 Å². The van der Waals surface area contributed by atoms with Crippen molar-refractivity contribution in [3.63, 3.8) is 0 Å². The molecular weight excluding hydrogens is 350 g/mol. The molecule has 0 amide bonds. The molecule has 4 aromatic rings. The molecule has 1 heterocycles. The first-order valence-electron chi connectivity index (χ1n) is 8.08. The first kappa shape index (κ1) is 16.7. The number of nitrogens with zero attached hydrogens (tertiary/aromatic N) is 3. The van der Waals surface area contributed by atoms with E-state index in [2.05, 4.69) is 10.1 Å². The van der Waals surface area contributed by atoms with Crippen molar-refractivity contribution in [2.45, 2.75) is 0 Å². The molecule has 134 valence electrons. The molecular formula is C20H14F2N4O. The number of fused-ring (bicyclic) bond motifs is 1. The summed E-state index contributed by atoms with van der Waals surface area (Å²) in [5.74, 6) is -1.25. The van der Waals surface area contributed by atoms with Gasteiger partial charge >= 0.3 is 0 Å². The first-order chi connectivity index (χ1) is 13.1. The summed E-state index contributed by atoms with van der Waals surface area (Å²) in [7, 11) is 0. The Bertz CT molecular complexity index is 1160. The Hall–Kier alpha value is -3.74. The lowest BCUT2D eigenvalue weighted by Gasteiger charge is -2.09. The maximum Gasteiger partial charge on any atom is 0.170 e. The van der Waals surface area contributed by atoms with Gasteiger partial charge in [0.15, 0.2) is 5.84 Å². The number of benzene rings is 3. The molecule has 0 atom stereocenters. The minimum absolute atomic E-state index is 0.0107. The number of oxime groups is 1. The summed E-state index contributed by atoms with van der Waals surface area (Å²) < 4.78 is 30.0. The molecule has 3 aromatic carbocycles. The van der Waals surface area contributed by atoms with Gasteiger partial charge in [-0.1, -0.05) is 23.4 Å². The van der Waals surface area contributed by atoms with Gasteiger partial charge in [-0.15, -0.1) is 0 Å². The summed E-state index contributed by atoms with van der Waals surface area (Å²) in [6.07, 6.45) is 1.61. The third-order valence-electron chi connectivity index (χ3n) is 4.33. The third kappa shape index (κ3) is 2.89. The van der Waals surface area contributed by atoms with Crippen LogP contribution in [0.3, 0.4) is 0 Å². The summed E-state index contributed by atoms with van der Waals surface area (Å²) in [6, 6.07) is 15.9. The van der Waals surface area contributed by atoms with Crippen LogP contribution in [0.2, 0.25) is 0 Å². The fraction of sp³-hybridized carbons (Fsp3) is 0. The normalized spacial score (nSPS) is 11.9. The highest BCUT2D eigenvalue weighted by atomic mass is 19.1. The van der Waals surface area contributed by atoms with Gasteiger partial charge < -0.3 is 10.9 Å². The number of rotatable bonds is 3. The SMILES string of the molecule is NC(=NO)c1ccc2c(c1)ncn2-c1cccc(-c2c(F)cccc2F)c1. The average molecular weight is 364 g/mol. The van der Waals surface area contributed by atoms with E-state index in [1.807, 2.05) is 6.07 Å². The van der Waals surface area contributed by atoms with Crippen LogP contribution in [0.25, 0.3) is 27.8 Å². The Morgan fingerprint density at radius 1 is 1.00 bits per heavy atom. The number of halogens is 2. The molecule has 0 saturated heterocycles. The van der Waals surface area contributed by atoms with Crippen LogP contribution < -0.4 is 5.73 Å². The standard InChI is InChI=1S/C20H14F2N4O/c21-15-5-2-6-16(22)19(15)12-3-1-4-14(9-12)26-11-24-17-10-13(20(23)25-27)7-8-18(17)26/h1-11,27H,(H2,23,25). The molecule has 0 fully saturated rings. The second kappa shape index (κ2) is 6.53. The average Bonchev–Trinajstić information content (AvgIpc) is 3.10. The van der Waals surface area contributed by atoms with E-state index in [4.69, 9.17) is 10.9 Å². The van der Waals surface area contributed by atoms with Crippen molar-refractivity contribution in [1.29, 1.82) is 0 Å². The lowest BCUT2D eigenvalue weighted by atomic mass is 10.0. The highest BCUT2D eigenvalue weighted by molar-refractivity contribution is 5.99. The van der Waals surface area contributed by atoms with Crippen LogP contribution in [-0.2, 0) is 0 Å². The second-order valence-electron chi connectivity index (χ2n) is 5.95. The second-order valence-corrected chi connectivity index (χ2v) is 5.95.